The number of hydrogen-bond donors (Lipinski definition) is 2. The molecule has 1 aliphatic rings. The molecule has 0 bridgehead atoms. The number of guanidine groups is 1. The highest BCUT2D eigenvalue weighted by Crippen LogP contribution is 2.32. The molecule has 1 aromatic carbocycles. The summed E-state index contributed by atoms with van der Waals surface area (Å²) < 4.78 is 13.6. The van der Waals surface area contributed by atoms with Gasteiger partial charge in [-0.15, -0.1) is 0 Å². The van der Waals surface area contributed by atoms with Gasteiger partial charge in [-0.1, -0.05) is 6.07 Å². The van der Waals surface area contributed by atoms with Crippen molar-refractivity contribution in [3.8, 4) is 11.5 Å². The van der Waals surface area contributed by atoms with E-state index in [0.29, 0.717) is 19.2 Å². The van der Waals surface area contributed by atoms with Gasteiger partial charge in [0.05, 0.1) is 25.5 Å². The van der Waals surface area contributed by atoms with Crippen molar-refractivity contribution in [2.75, 3.05) is 13.7 Å². The van der Waals surface area contributed by atoms with Gasteiger partial charge in [-0.3, -0.25) is 4.68 Å². The Kier molecular flexibility index (Phi) is 7.60. The first kappa shape index (κ1) is 22.0. The number of nitrogens with zero attached hydrogens (tertiary/aromatic N) is 3. The molecule has 0 amide bonds. The van der Waals surface area contributed by atoms with Gasteiger partial charge in [0, 0.05) is 31.4 Å². The summed E-state index contributed by atoms with van der Waals surface area (Å²) in [5.74, 6) is 2.38. The van der Waals surface area contributed by atoms with Crippen LogP contribution in [0.5, 0.6) is 11.5 Å². The summed E-state index contributed by atoms with van der Waals surface area (Å²) in [5, 5.41) is 11.2. The molecule has 1 aliphatic carbocycles. The Morgan fingerprint density at radius 2 is 1.97 bits per heavy atom. The highest BCUT2D eigenvalue weighted by atomic mass is 16.5. The molecule has 0 unspecified atom stereocenters. The number of hydrogen-bond acceptors (Lipinski definition) is 4. The van der Waals surface area contributed by atoms with E-state index >= 15 is 0 Å². The third kappa shape index (κ3) is 5.46. The van der Waals surface area contributed by atoms with E-state index in [-0.39, 0.29) is 0 Å². The Bertz CT molecular complexity index is 869. The van der Waals surface area contributed by atoms with Gasteiger partial charge < -0.3 is 20.1 Å². The summed E-state index contributed by atoms with van der Waals surface area (Å²) in [7, 11) is 3.66. The zero-order valence-electron chi connectivity index (χ0n) is 18.9. The Labute approximate surface area is 179 Å². The van der Waals surface area contributed by atoms with E-state index in [1.165, 1.54) is 24.1 Å². The molecule has 3 rings (SSSR count). The number of aliphatic imine (C=N–C) groups is 1. The van der Waals surface area contributed by atoms with E-state index < -0.39 is 0 Å². The van der Waals surface area contributed by atoms with Crippen LogP contribution in [-0.2, 0) is 20.1 Å². The van der Waals surface area contributed by atoms with Crippen LogP contribution in [0.15, 0.2) is 23.2 Å². The molecule has 0 saturated heterocycles. The fourth-order valence-electron chi connectivity index (χ4n) is 3.85. The quantitative estimate of drug-likeness (QED) is 0.511. The van der Waals surface area contributed by atoms with Gasteiger partial charge >= 0.3 is 0 Å². The van der Waals surface area contributed by atoms with Crippen molar-refractivity contribution in [1.82, 2.24) is 20.4 Å². The lowest BCUT2D eigenvalue weighted by molar-refractivity contribution is 0.200. The molecule has 2 aromatic rings. The molecule has 30 heavy (non-hydrogen) atoms. The second kappa shape index (κ2) is 10.4. The van der Waals surface area contributed by atoms with Crippen LogP contribution in [0.25, 0.3) is 0 Å². The number of ether oxygens (including phenoxy) is 2. The maximum Gasteiger partial charge on any atom is 0.191 e. The average Bonchev–Trinajstić information content (AvgIpc) is 3.32. The fraction of sp³-hybridized carbons (Fsp3) is 0.565. The van der Waals surface area contributed by atoms with Crippen molar-refractivity contribution in [2.45, 2.75) is 65.6 Å². The normalized spacial score (nSPS) is 14.8. The number of benzene rings is 1. The minimum atomic E-state index is 0.294. The van der Waals surface area contributed by atoms with Crippen LogP contribution < -0.4 is 20.1 Å². The molecule has 164 valence electrons. The van der Waals surface area contributed by atoms with E-state index in [4.69, 9.17) is 14.5 Å². The minimum Gasteiger partial charge on any atom is -0.493 e. The van der Waals surface area contributed by atoms with Gasteiger partial charge in [-0.05, 0) is 64.2 Å². The first-order chi connectivity index (χ1) is 14.5. The van der Waals surface area contributed by atoms with Crippen LogP contribution in [0.2, 0.25) is 0 Å². The van der Waals surface area contributed by atoms with Crippen molar-refractivity contribution >= 4 is 5.96 Å². The number of aryl methyl sites for hydroxylation is 2. The van der Waals surface area contributed by atoms with Crippen molar-refractivity contribution in [2.24, 2.45) is 12.0 Å². The summed E-state index contributed by atoms with van der Waals surface area (Å²) in [5.41, 5.74) is 4.51. The number of aromatic nitrogens is 2. The molecular weight excluding hydrogens is 378 g/mol. The van der Waals surface area contributed by atoms with Crippen molar-refractivity contribution < 1.29 is 9.47 Å². The zero-order chi connectivity index (χ0) is 21.5. The van der Waals surface area contributed by atoms with Gasteiger partial charge in [0.2, 0.25) is 0 Å². The zero-order valence-corrected chi connectivity index (χ0v) is 18.9. The average molecular weight is 414 g/mol. The second-order valence-corrected chi connectivity index (χ2v) is 7.83. The summed E-state index contributed by atoms with van der Waals surface area (Å²) in [4.78, 5) is 4.76. The molecule has 0 atom stereocenters. The first-order valence-electron chi connectivity index (χ1n) is 10.9. The summed E-state index contributed by atoms with van der Waals surface area (Å²) in [6.07, 6.45) is 5.01. The van der Waals surface area contributed by atoms with E-state index in [1.807, 2.05) is 30.8 Å². The van der Waals surface area contributed by atoms with Crippen LogP contribution in [0, 0.1) is 13.8 Å². The van der Waals surface area contributed by atoms with E-state index in [2.05, 4.69) is 35.6 Å². The summed E-state index contributed by atoms with van der Waals surface area (Å²) >= 11 is 0. The van der Waals surface area contributed by atoms with Gasteiger partial charge in [-0.2, -0.15) is 5.10 Å². The number of rotatable bonds is 8. The van der Waals surface area contributed by atoms with Gasteiger partial charge in [-0.25, -0.2) is 4.99 Å². The van der Waals surface area contributed by atoms with E-state index in [0.717, 1.165) is 48.1 Å². The maximum atomic E-state index is 6.21. The molecule has 0 aliphatic heterocycles. The largest absolute Gasteiger partial charge is 0.493 e. The predicted octanol–water partition coefficient (Wildman–Crippen LogP) is 3.62. The predicted molar refractivity (Wildman–Crippen MR) is 120 cm³/mol. The number of methoxy groups -OCH3 is 1. The molecule has 1 saturated carbocycles. The lowest BCUT2D eigenvalue weighted by Gasteiger charge is -2.17. The van der Waals surface area contributed by atoms with Gasteiger partial charge in [0.25, 0.3) is 0 Å². The molecule has 1 heterocycles. The molecule has 7 nitrogen and oxygen atoms in total. The van der Waals surface area contributed by atoms with Gasteiger partial charge in [0.15, 0.2) is 17.5 Å². The van der Waals surface area contributed by atoms with Crippen LogP contribution in [0.1, 0.15) is 55.1 Å². The third-order valence-corrected chi connectivity index (χ3v) is 5.68. The fourth-order valence-corrected chi connectivity index (χ4v) is 3.85. The standard InChI is InChI=1S/C23H35N5O2/c1-6-24-23(26-15-20-16(2)27-28(4)17(20)3)25-14-18-11-12-21(29-5)22(13-18)30-19-9-7-8-10-19/h11-13,19H,6-10,14-15H2,1-5H3,(H2,24,25,26). The summed E-state index contributed by atoms with van der Waals surface area (Å²) in [6.45, 7) is 8.25. The Morgan fingerprint density at radius 3 is 2.60 bits per heavy atom. The maximum absolute atomic E-state index is 6.21. The smallest absolute Gasteiger partial charge is 0.191 e. The molecule has 7 heteroatoms. The van der Waals surface area contributed by atoms with Gasteiger partial charge in [0.1, 0.15) is 0 Å². The summed E-state index contributed by atoms with van der Waals surface area (Å²) in [6, 6.07) is 6.07. The lowest BCUT2D eigenvalue weighted by atomic mass is 10.2. The molecular formula is C23H35N5O2. The topological polar surface area (TPSA) is 72.7 Å². The Hall–Kier alpha value is -2.70. The van der Waals surface area contributed by atoms with Crippen LogP contribution in [0.3, 0.4) is 0 Å². The second-order valence-electron chi connectivity index (χ2n) is 7.83. The van der Waals surface area contributed by atoms with Crippen molar-refractivity contribution in [3.05, 3.63) is 40.7 Å². The van der Waals surface area contributed by atoms with Crippen LogP contribution in [-0.4, -0.2) is 35.5 Å². The number of nitrogens with one attached hydrogen (secondary N) is 2. The van der Waals surface area contributed by atoms with Crippen LogP contribution in [0.4, 0.5) is 0 Å². The van der Waals surface area contributed by atoms with Crippen molar-refractivity contribution in [3.63, 3.8) is 0 Å². The van der Waals surface area contributed by atoms with E-state index in [9.17, 15) is 0 Å². The third-order valence-electron chi connectivity index (χ3n) is 5.68. The Morgan fingerprint density at radius 1 is 1.20 bits per heavy atom. The lowest BCUT2D eigenvalue weighted by Crippen LogP contribution is -2.37. The first-order valence-corrected chi connectivity index (χ1v) is 10.9. The van der Waals surface area contributed by atoms with E-state index in [1.54, 1.807) is 7.11 Å². The Balaban J connectivity index is 1.68. The molecule has 1 fully saturated rings. The molecule has 2 N–H and O–H groups in total. The minimum absolute atomic E-state index is 0.294. The molecule has 0 radical (unpaired) electrons. The molecule has 0 spiro atoms. The highest BCUT2D eigenvalue weighted by molar-refractivity contribution is 5.79. The highest BCUT2D eigenvalue weighted by Gasteiger charge is 2.18. The monoisotopic (exact) mass is 413 g/mol. The van der Waals surface area contributed by atoms with Crippen LogP contribution >= 0.6 is 0 Å². The molecule has 1 aromatic heterocycles. The van der Waals surface area contributed by atoms with Crippen molar-refractivity contribution in [1.29, 1.82) is 0 Å². The SMILES string of the molecule is CCNC(=NCc1ccc(OC)c(OC2CCCC2)c1)NCc1c(C)nn(C)c1C.